The molecule has 126 valence electrons. The quantitative estimate of drug-likeness (QED) is 0.843. The molecular weight excluding hydrogens is 306 g/mol. The summed E-state index contributed by atoms with van der Waals surface area (Å²) in [5.74, 6) is -1.20. The van der Waals surface area contributed by atoms with Crippen molar-refractivity contribution in [1.29, 1.82) is 0 Å². The van der Waals surface area contributed by atoms with E-state index in [9.17, 15) is 9.59 Å². The molecule has 0 bridgehead atoms. The van der Waals surface area contributed by atoms with E-state index in [1.807, 2.05) is 44.2 Å². The van der Waals surface area contributed by atoms with E-state index in [-0.39, 0.29) is 23.5 Å². The second-order valence-electron chi connectivity index (χ2n) is 5.80. The Morgan fingerprint density at radius 3 is 2.29 bits per heavy atom. The molecule has 5 heteroatoms. The van der Waals surface area contributed by atoms with Crippen LogP contribution in [0.3, 0.4) is 0 Å². The predicted molar refractivity (Wildman–Crippen MR) is 92.7 cm³/mol. The van der Waals surface area contributed by atoms with Gasteiger partial charge in [0.1, 0.15) is 5.75 Å². The lowest BCUT2D eigenvalue weighted by Crippen LogP contribution is -2.20. The number of hydrogen-bond acceptors (Lipinski definition) is 3. The summed E-state index contributed by atoms with van der Waals surface area (Å²) in [7, 11) is 0. The number of rotatable bonds is 6. The summed E-state index contributed by atoms with van der Waals surface area (Å²) in [6, 6.07) is 13.8. The molecule has 0 saturated carbocycles. The highest BCUT2D eigenvalue weighted by molar-refractivity contribution is 5.98. The van der Waals surface area contributed by atoms with Crippen molar-refractivity contribution in [1.82, 2.24) is 0 Å². The van der Waals surface area contributed by atoms with Crippen LogP contribution >= 0.6 is 0 Å². The fourth-order valence-corrected chi connectivity index (χ4v) is 2.25. The molecule has 0 saturated heterocycles. The van der Waals surface area contributed by atoms with E-state index < -0.39 is 5.97 Å². The summed E-state index contributed by atoms with van der Waals surface area (Å²) in [6.07, 6.45) is -0.0946. The molecule has 2 aromatic rings. The van der Waals surface area contributed by atoms with Gasteiger partial charge in [0.15, 0.2) is 0 Å². The van der Waals surface area contributed by atoms with Crippen molar-refractivity contribution in [2.24, 2.45) is 0 Å². The Morgan fingerprint density at radius 1 is 1.04 bits per heavy atom. The first-order chi connectivity index (χ1) is 11.4. The van der Waals surface area contributed by atoms with Gasteiger partial charge in [0, 0.05) is 0 Å². The number of carbonyl (C=O) groups excluding carboxylic acids is 1. The Kier molecular flexibility index (Phi) is 5.58. The van der Waals surface area contributed by atoms with Crippen molar-refractivity contribution < 1.29 is 19.4 Å². The number of carboxylic acid groups (broad SMARTS) is 1. The third kappa shape index (κ3) is 4.35. The van der Waals surface area contributed by atoms with Crippen LogP contribution in [0.25, 0.3) is 0 Å². The van der Waals surface area contributed by atoms with Crippen molar-refractivity contribution in [3.8, 4) is 5.75 Å². The Labute approximate surface area is 141 Å². The standard InChI is InChI=1S/C19H21NO4/c1-12(2)24-17-10-9-15(19(22)23)11-16(17)20-18(21)13(3)14-7-5-4-6-8-14/h4-13H,1-3H3,(H,20,21)(H,22,23)/t13-/m1/s1. The highest BCUT2D eigenvalue weighted by Crippen LogP contribution is 2.28. The second-order valence-corrected chi connectivity index (χ2v) is 5.80. The van der Waals surface area contributed by atoms with Gasteiger partial charge >= 0.3 is 5.97 Å². The van der Waals surface area contributed by atoms with Gasteiger partial charge in [-0.05, 0) is 44.5 Å². The van der Waals surface area contributed by atoms with Gasteiger partial charge in [-0.1, -0.05) is 30.3 Å². The van der Waals surface area contributed by atoms with E-state index in [0.29, 0.717) is 11.4 Å². The number of carbonyl (C=O) groups is 2. The van der Waals surface area contributed by atoms with E-state index in [2.05, 4.69) is 5.32 Å². The Morgan fingerprint density at radius 2 is 1.71 bits per heavy atom. The minimum atomic E-state index is -1.06. The van der Waals surface area contributed by atoms with E-state index in [1.54, 1.807) is 13.0 Å². The van der Waals surface area contributed by atoms with Crippen molar-refractivity contribution >= 4 is 17.6 Å². The number of ether oxygens (including phenoxy) is 1. The minimum absolute atomic E-state index is 0.0915. The van der Waals surface area contributed by atoms with Crippen LogP contribution in [0.15, 0.2) is 48.5 Å². The Bertz CT molecular complexity index is 725. The lowest BCUT2D eigenvalue weighted by molar-refractivity contribution is -0.117. The normalized spacial score (nSPS) is 11.8. The van der Waals surface area contributed by atoms with E-state index in [4.69, 9.17) is 9.84 Å². The maximum Gasteiger partial charge on any atom is 0.335 e. The average molecular weight is 327 g/mol. The molecule has 1 amide bonds. The second kappa shape index (κ2) is 7.64. The van der Waals surface area contributed by atoms with Crippen LogP contribution < -0.4 is 10.1 Å². The Balaban J connectivity index is 2.27. The molecule has 2 N–H and O–H groups in total. The van der Waals surface area contributed by atoms with Gasteiger partial charge in [-0.25, -0.2) is 4.79 Å². The first kappa shape index (κ1) is 17.5. The van der Waals surface area contributed by atoms with Crippen LogP contribution in [-0.2, 0) is 4.79 Å². The summed E-state index contributed by atoms with van der Waals surface area (Å²) in [5.41, 5.74) is 1.33. The molecule has 2 aromatic carbocycles. The molecule has 0 aliphatic heterocycles. The van der Waals surface area contributed by atoms with Gasteiger partial charge < -0.3 is 15.2 Å². The van der Waals surface area contributed by atoms with Crippen molar-refractivity contribution in [3.05, 3.63) is 59.7 Å². The van der Waals surface area contributed by atoms with Crippen molar-refractivity contribution in [2.75, 3.05) is 5.32 Å². The Hall–Kier alpha value is -2.82. The van der Waals surface area contributed by atoms with Crippen LogP contribution in [0, 0.1) is 0 Å². The molecule has 0 aromatic heterocycles. The topological polar surface area (TPSA) is 75.6 Å². The lowest BCUT2D eigenvalue weighted by atomic mass is 10.0. The molecule has 5 nitrogen and oxygen atoms in total. The van der Waals surface area contributed by atoms with Crippen LogP contribution in [-0.4, -0.2) is 23.1 Å². The van der Waals surface area contributed by atoms with Gasteiger partial charge in [-0.2, -0.15) is 0 Å². The molecule has 0 radical (unpaired) electrons. The van der Waals surface area contributed by atoms with Crippen LogP contribution in [0.2, 0.25) is 0 Å². The number of anilines is 1. The number of amides is 1. The fourth-order valence-electron chi connectivity index (χ4n) is 2.25. The minimum Gasteiger partial charge on any atom is -0.489 e. The van der Waals surface area contributed by atoms with E-state index >= 15 is 0 Å². The summed E-state index contributed by atoms with van der Waals surface area (Å²) < 4.78 is 5.66. The van der Waals surface area contributed by atoms with Crippen LogP contribution in [0.5, 0.6) is 5.75 Å². The largest absolute Gasteiger partial charge is 0.489 e. The van der Waals surface area contributed by atoms with Gasteiger partial charge in [0.25, 0.3) is 0 Å². The molecule has 0 aliphatic carbocycles. The zero-order chi connectivity index (χ0) is 17.7. The summed E-state index contributed by atoms with van der Waals surface area (Å²) in [6.45, 7) is 5.53. The summed E-state index contributed by atoms with van der Waals surface area (Å²) in [4.78, 5) is 23.7. The maximum atomic E-state index is 12.5. The molecular formula is C19H21NO4. The van der Waals surface area contributed by atoms with Crippen LogP contribution in [0.4, 0.5) is 5.69 Å². The van der Waals surface area contributed by atoms with E-state index in [1.165, 1.54) is 12.1 Å². The molecule has 0 unspecified atom stereocenters. The third-order valence-electron chi connectivity index (χ3n) is 3.54. The highest BCUT2D eigenvalue weighted by atomic mass is 16.5. The molecule has 24 heavy (non-hydrogen) atoms. The third-order valence-corrected chi connectivity index (χ3v) is 3.54. The average Bonchev–Trinajstić information content (AvgIpc) is 2.55. The molecule has 0 fully saturated rings. The zero-order valence-corrected chi connectivity index (χ0v) is 13.9. The maximum absolute atomic E-state index is 12.5. The van der Waals surface area contributed by atoms with Crippen molar-refractivity contribution in [2.45, 2.75) is 32.8 Å². The predicted octanol–water partition coefficient (Wildman–Crippen LogP) is 3.91. The number of aromatic carboxylic acids is 1. The molecule has 0 aliphatic rings. The number of hydrogen-bond donors (Lipinski definition) is 2. The molecule has 0 spiro atoms. The number of benzene rings is 2. The van der Waals surface area contributed by atoms with Crippen molar-refractivity contribution in [3.63, 3.8) is 0 Å². The van der Waals surface area contributed by atoms with Crippen LogP contribution in [0.1, 0.15) is 42.6 Å². The smallest absolute Gasteiger partial charge is 0.335 e. The summed E-state index contributed by atoms with van der Waals surface area (Å²) >= 11 is 0. The lowest BCUT2D eigenvalue weighted by Gasteiger charge is -2.17. The van der Waals surface area contributed by atoms with Gasteiger partial charge in [0.2, 0.25) is 5.91 Å². The first-order valence-electron chi connectivity index (χ1n) is 7.78. The number of carboxylic acids is 1. The highest BCUT2D eigenvalue weighted by Gasteiger charge is 2.18. The zero-order valence-electron chi connectivity index (χ0n) is 13.9. The van der Waals surface area contributed by atoms with Gasteiger partial charge in [0.05, 0.1) is 23.3 Å². The summed E-state index contributed by atoms with van der Waals surface area (Å²) in [5, 5.41) is 11.9. The molecule has 1 atom stereocenters. The van der Waals surface area contributed by atoms with Gasteiger partial charge in [-0.15, -0.1) is 0 Å². The first-order valence-corrected chi connectivity index (χ1v) is 7.78. The number of nitrogens with one attached hydrogen (secondary N) is 1. The van der Waals surface area contributed by atoms with Gasteiger partial charge in [-0.3, -0.25) is 4.79 Å². The molecule has 2 rings (SSSR count). The van der Waals surface area contributed by atoms with E-state index in [0.717, 1.165) is 5.56 Å². The monoisotopic (exact) mass is 327 g/mol. The fraction of sp³-hybridized carbons (Fsp3) is 0.263. The molecule has 0 heterocycles. The SMILES string of the molecule is CC(C)Oc1ccc(C(=O)O)cc1NC(=O)[C@H](C)c1ccccc1.